The van der Waals surface area contributed by atoms with Crippen molar-refractivity contribution >= 4 is 17.5 Å². The van der Waals surface area contributed by atoms with Crippen LogP contribution in [0.3, 0.4) is 0 Å². The molecule has 5 heteroatoms. The second kappa shape index (κ2) is 8.43. The summed E-state index contributed by atoms with van der Waals surface area (Å²) in [4.78, 5) is 6.93. The van der Waals surface area contributed by atoms with Crippen molar-refractivity contribution in [1.29, 1.82) is 0 Å². The Labute approximate surface area is 155 Å². The van der Waals surface area contributed by atoms with Gasteiger partial charge in [0.05, 0.1) is 6.20 Å². The maximum Gasteiger partial charge on any atom is 0.249 e. The van der Waals surface area contributed by atoms with Gasteiger partial charge in [-0.15, -0.1) is 5.10 Å². The van der Waals surface area contributed by atoms with Crippen molar-refractivity contribution in [3.05, 3.63) is 71.9 Å². The van der Waals surface area contributed by atoms with E-state index in [-0.39, 0.29) is 0 Å². The van der Waals surface area contributed by atoms with Gasteiger partial charge in [-0.3, -0.25) is 0 Å². The number of rotatable bonds is 7. The van der Waals surface area contributed by atoms with Gasteiger partial charge in [-0.1, -0.05) is 55.5 Å². The lowest BCUT2D eigenvalue weighted by Crippen LogP contribution is -2.31. The lowest BCUT2D eigenvalue weighted by molar-refractivity contribution is 0.668. The topological polar surface area (TPSA) is 53.9 Å². The minimum Gasteiger partial charge on any atom is -0.348 e. The third kappa shape index (κ3) is 4.36. The largest absolute Gasteiger partial charge is 0.348 e. The fourth-order valence-electron chi connectivity index (χ4n) is 2.87. The van der Waals surface area contributed by atoms with Crippen molar-refractivity contribution in [2.45, 2.75) is 39.8 Å². The van der Waals surface area contributed by atoms with Crippen LogP contribution in [-0.2, 0) is 13.0 Å². The molecule has 0 amide bonds. The number of nitrogens with zero attached hydrogens (tertiary/aromatic N) is 4. The van der Waals surface area contributed by atoms with Gasteiger partial charge >= 0.3 is 0 Å². The van der Waals surface area contributed by atoms with E-state index in [1.54, 1.807) is 6.20 Å². The summed E-state index contributed by atoms with van der Waals surface area (Å²) in [5, 5.41) is 11.6. The zero-order chi connectivity index (χ0) is 18.4. The number of anilines is 3. The standard InChI is InChI=1S/C21H25N5/c1-4-18-12-8-9-13-19(18)23-21-24-20(14-22-25-21)26(16(2)3)15-17-10-6-5-7-11-17/h5-14,16H,4,15H2,1-3H3,(H,23,24,25). The Hall–Kier alpha value is -2.95. The fraction of sp³-hybridized carbons (Fsp3) is 0.286. The van der Waals surface area contributed by atoms with Gasteiger partial charge in [0.1, 0.15) is 0 Å². The van der Waals surface area contributed by atoms with Gasteiger partial charge in [-0.25, -0.2) is 0 Å². The molecule has 0 spiro atoms. The van der Waals surface area contributed by atoms with Crippen LogP contribution in [0.4, 0.5) is 17.5 Å². The molecule has 0 unspecified atom stereocenters. The van der Waals surface area contributed by atoms with Crippen LogP contribution in [0.1, 0.15) is 31.9 Å². The second-order valence-corrected chi connectivity index (χ2v) is 6.48. The number of hydrogen-bond donors (Lipinski definition) is 1. The lowest BCUT2D eigenvalue weighted by Gasteiger charge is -2.27. The molecule has 0 atom stereocenters. The smallest absolute Gasteiger partial charge is 0.249 e. The average molecular weight is 347 g/mol. The molecule has 3 aromatic rings. The van der Waals surface area contributed by atoms with Crippen LogP contribution < -0.4 is 10.2 Å². The highest BCUT2D eigenvalue weighted by Crippen LogP contribution is 2.22. The van der Waals surface area contributed by atoms with E-state index < -0.39 is 0 Å². The molecule has 0 aliphatic carbocycles. The molecule has 0 saturated heterocycles. The fourth-order valence-corrected chi connectivity index (χ4v) is 2.87. The average Bonchev–Trinajstić information content (AvgIpc) is 2.67. The van der Waals surface area contributed by atoms with Crippen molar-refractivity contribution in [3.8, 4) is 0 Å². The second-order valence-electron chi connectivity index (χ2n) is 6.48. The SMILES string of the molecule is CCc1ccccc1Nc1nncc(N(Cc2ccccc2)C(C)C)n1. The van der Waals surface area contributed by atoms with E-state index in [0.29, 0.717) is 12.0 Å². The number of para-hydroxylation sites is 1. The first kappa shape index (κ1) is 17.9. The third-order valence-electron chi connectivity index (χ3n) is 4.30. The maximum absolute atomic E-state index is 4.70. The van der Waals surface area contributed by atoms with E-state index in [0.717, 1.165) is 24.5 Å². The van der Waals surface area contributed by atoms with E-state index in [4.69, 9.17) is 4.98 Å². The van der Waals surface area contributed by atoms with E-state index in [9.17, 15) is 0 Å². The van der Waals surface area contributed by atoms with Gasteiger partial charge in [0.2, 0.25) is 5.95 Å². The van der Waals surface area contributed by atoms with E-state index >= 15 is 0 Å². The number of aromatic nitrogens is 3. The Balaban J connectivity index is 1.84. The minimum atomic E-state index is 0.294. The monoisotopic (exact) mass is 347 g/mol. The van der Waals surface area contributed by atoms with Crippen molar-refractivity contribution in [2.24, 2.45) is 0 Å². The molecule has 0 saturated carbocycles. The summed E-state index contributed by atoms with van der Waals surface area (Å²) in [6, 6.07) is 18.9. The summed E-state index contributed by atoms with van der Waals surface area (Å²) in [6.07, 6.45) is 2.67. The van der Waals surface area contributed by atoms with Crippen LogP contribution in [0.5, 0.6) is 0 Å². The summed E-state index contributed by atoms with van der Waals surface area (Å²) in [6.45, 7) is 7.23. The molecule has 1 N–H and O–H groups in total. The van der Waals surface area contributed by atoms with Gasteiger partial charge in [0.25, 0.3) is 0 Å². The van der Waals surface area contributed by atoms with Gasteiger partial charge in [0, 0.05) is 18.3 Å². The number of nitrogens with one attached hydrogen (secondary N) is 1. The van der Waals surface area contributed by atoms with Crippen molar-refractivity contribution in [3.63, 3.8) is 0 Å². The first-order chi connectivity index (χ1) is 12.7. The van der Waals surface area contributed by atoms with E-state index in [1.165, 1.54) is 11.1 Å². The predicted octanol–water partition coefficient (Wildman–Crippen LogP) is 4.59. The van der Waals surface area contributed by atoms with Crippen LogP contribution in [0.25, 0.3) is 0 Å². The quantitative estimate of drug-likeness (QED) is 0.677. The molecule has 0 bridgehead atoms. The van der Waals surface area contributed by atoms with Gasteiger partial charge < -0.3 is 10.2 Å². The molecule has 1 aromatic heterocycles. The van der Waals surface area contributed by atoms with Gasteiger partial charge in [0.15, 0.2) is 5.82 Å². The number of benzene rings is 2. The Morgan fingerprint density at radius 1 is 1.00 bits per heavy atom. The van der Waals surface area contributed by atoms with Crippen molar-refractivity contribution in [2.75, 3.05) is 10.2 Å². The summed E-state index contributed by atoms with van der Waals surface area (Å²) < 4.78 is 0. The molecule has 0 aliphatic rings. The third-order valence-corrected chi connectivity index (χ3v) is 4.30. The Morgan fingerprint density at radius 3 is 2.46 bits per heavy atom. The van der Waals surface area contributed by atoms with Gasteiger partial charge in [-0.05, 0) is 37.5 Å². The molecule has 3 rings (SSSR count). The minimum absolute atomic E-state index is 0.294. The molecule has 134 valence electrons. The Morgan fingerprint density at radius 2 is 1.73 bits per heavy atom. The van der Waals surface area contributed by atoms with Gasteiger partial charge in [-0.2, -0.15) is 10.1 Å². The lowest BCUT2D eigenvalue weighted by atomic mass is 10.1. The van der Waals surface area contributed by atoms with E-state index in [1.807, 2.05) is 24.3 Å². The highest BCUT2D eigenvalue weighted by Gasteiger charge is 2.14. The summed E-state index contributed by atoms with van der Waals surface area (Å²) in [7, 11) is 0. The normalized spacial score (nSPS) is 10.8. The predicted molar refractivity (Wildman–Crippen MR) is 107 cm³/mol. The molecule has 0 aliphatic heterocycles. The summed E-state index contributed by atoms with van der Waals surface area (Å²) in [5.41, 5.74) is 3.49. The number of hydrogen-bond acceptors (Lipinski definition) is 5. The maximum atomic E-state index is 4.70. The van der Waals surface area contributed by atoms with Crippen LogP contribution in [-0.4, -0.2) is 21.2 Å². The molecule has 0 radical (unpaired) electrons. The van der Waals surface area contributed by atoms with Crippen LogP contribution in [0, 0.1) is 0 Å². The molecule has 0 fully saturated rings. The zero-order valence-electron chi connectivity index (χ0n) is 15.6. The van der Waals surface area contributed by atoms with Crippen LogP contribution in [0.2, 0.25) is 0 Å². The summed E-state index contributed by atoms with van der Waals surface area (Å²) >= 11 is 0. The Kier molecular flexibility index (Phi) is 5.79. The molecule has 2 aromatic carbocycles. The molecular formula is C21H25N5. The summed E-state index contributed by atoms with van der Waals surface area (Å²) in [5.74, 6) is 1.33. The van der Waals surface area contributed by atoms with Crippen LogP contribution >= 0.6 is 0 Å². The molecule has 1 heterocycles. The highest BCUT2D eigenvalue weighted by atomic mass is 15.3. The van der Waals surface area contributed by atoms with Crippen molar-refractivity contribution in [1.82, 2.24) is 15.2 Å². The first-order valence-electron chi connectivity index (χ1n) is 9.02. The highest BCUT2D eigenvalue weighted by molar-refractivity contribution is 5.59. The van der Waals surface area contributed by atoms with Crippen LogP contribution in [0.15, 0.2) is 60.8 Å². The first-order valence-corrected chi connectivity index (χ1v) is 9.02. The molecule has 5 nitrogen and oxygen atoms in total. The zero-order valence-corrected chi connectivity index (χ0v) is 15.6. The molecule has 26 heavy (non-hydrogen) atoms. The Bertz CT molecular complexity index is 833. The number of aryl methyl sites for hydroxylation is 1. The molecular weight excluding hydrogens is 322 g/mol. The van der Waals surface area contributed by atoms with E-state index in [2.05, 4.69) is 71.5 Å². The van der Waals surface area contributed by atoms with Crippen molar-refractivity contribution < 1.29 is 0 Å².